The predicted molar refractivity (Wildman–Crippen MR) is 96.6 cm³/mol. The van der Waals surface area contributed by atoms with Gasteiger partial charge in [0.1, 0.15) is 0 Å². The van der Waals surface area contributed by atoms with Gasteiger partial charge in [0, 0.05) is 25.6 Å². The van der Waals surface area contributed by atoms with Crippen molar-refractivity contribution in [2.75, 3.05) is 39.2 Å². The fourth-order valence-corrected chi connectivity index (χ4v) is 2.05. The van der Waals surface area contributed by atoms with Crippen LogP contribution in [0.5, 0.6) is 11.5 Å². The maximum atomic E-state index is 12.2. The van der Waals surface area contributed by atoms with Crippen molar-refractivity contribution >= 4 is 29.9 Å². The van der Waals surface area contributed by atoms with Crippen molar-refractivity contribution in [1.29, 1.82) is 0 Å². The van der Waals surface area contributed by atoms with Crippen LogP contribution >= 0.6 is 12.4 Å². The Labute approximate surface area is 148 Å². The number of ether oxygens (including phenoxy) is 2. The van der Waals surface area contributed by atoms with Gasteiger partial charge in [0.2, 0.25) is 5.91 Å². The molecular formula is C16H26ClN3O4. The minimum Gasteiger partial charge on any atom is -0.493 e. The molecule has 1 rings (SSSR count). The van der Waals surface area contributed by atoms with Crippen LogP contribution in [0.2, 0.25) is 0 Å². The molecule has 0 aromatic heterocycles. The molecule has 0 aliphatic rings. The van der Waals surface area contributed by atoms with Crippen molar-refractivity contribution in [3.63, 3.8) is 0 Å². The molecule has 0 radical (unpaired) electrons. The van der Waals surface area contributed by atoms with Gasteiger partial charge in [-0.3, -0.25) is 9.59 Å². The Morgan fingerprint density at radius 1 is 1.08 bits per heavy atom. The van der Waals surface area contributed by atoms with E-state index in [2.05, 4.69) is 22.9 Å². The first kappa shape index (κ1) is 22.0. The average molecular weight is 360 g/mol. The second-order valence-corrected chi connectivity index (χ2v) is 4.95. The molecule has 0 heterocycles. The number of benzene rings is 1. The van der Waals surface area contributed by atoms with E-state index < -0.39 is 0 Å². The summed E-state index contributed by atoms with van der Waals surface area (Å²) in [5.41, 5.74) is 0.787. The molecule has 2 amide bonds. The molecule has 3 N–H and O–H groups in total. The first-order valence-corrected chi connectivity index (χ1v) is 7.56. The van der Waals surface area contributed by atoms with Crippen LogP contribution in [0.15, 0.2) is 12.1 Å². The van der Waals surface area contributed by atoms with Gasteiger partial charge in [-0.2, -0.15) is 0 Å². The summed E-state index contributed by atoms with van der Waals surface area (Å²) in [6.07, 6.45) is 1.05. The van der Waals surface area contributed by atoms with E-state index in [1.807, 2.05) is 0 Å². The molecule has 7 nitrogen and oxygen atoms in total. The molecule has 8 heteroatoms. The van der Waals surface area contributed by atoms with Gasteiger partial charge in [0.05, 0.1) is 19.9 Å². The zero-order valence-electron chi connectivity index (χ0n) is 14.5. The number of anilines is 1. The van der Waals surface area contributed by atoms with Crippen molar-refractivity contribution in [3.05, 3.63) is 17.7 Å². The van der Waals surface area contributed by atoms with Gasteiger partial charge in [-0.25, -0.2) is 0 Å². The van der Waals surface area contributed by atoms with Gasteiger partial charge in [0.25, 0.3) is 5.91 Å². The predicted octanol–water partition coefficient (Wildman–Crippen LogP) is 1.81. The number of halogens is 1. The Bertz CT molecular complexity index is 552. The number of nitrogens with one attached hydrogen (secondary N) is 3. The first-order chi connectivity index (χ1) is 11.0. The zero-order chi connectivity index (χ0) is 17.2. The topological polar surface area (TPSA) is 88.7 Å². The minimum absolute atomic E-state index is 0. The van der Waals surface area contributed by atoms with E-state index in [9.17, 15) is 9.59 Å². The quantitative estimate of drug-likeness (QED) is 0.585. The zero-order valence-corrected chi connectivity index (χ0v) is 15.3. The fraction of sp³-hybridized carbons (Fsp3) is 0.500. The van der Waals surface area contributed by atoms with Crippen LogP contribution in [0.3, 0.4) is 0 Å². The smallest absolute Gasteiger partial charge is 0.251 e. The summed E-state index contributed by atoms with van der Waals surface area (Å²) in [6, 6.07) is 3.15. The summed E-state index contributed by atoms with van der Waals surface area (Å²) >= 11 is 0. The number of carbonyl (C=O) groups is 2. The van der Waals surface area contributed by atoms with Crippen LogP contribution in [0.4, 0.5) is 5.69 Å². The third kappa shape index (κ3) is 6.64. The number of methoxy groups -OCH3 is 2. The van der Waals surface area contributed by atoms with Crippen LogP contribution in [0.1, 0.15) is 30.6 Å². The third-order valence-electron chi connectivity index (χ3n) is 3.07. The van der Waals surface area contributed by atoms with Gasteiger partial charge in [-0.05, 0) is 25.1 Å². The van der Waals surface area contributed by atoms with Gasteiger partial charge in [-0.1, -0.05) is 6.92 Å². The molecule has 24 heavy (non-hydrogen) atoms. The highest BCUT2D eigenvalue weighted by atomic mass is 35.5. The molecule has 0 spiro atoms. The molecule has 0 fully saturated rings. The van der Waals surface area contributed by atoms with Crippen molar-refractivity contribution in [1.82, 2.24) is 10.6 Å². The molecule has 0 saturated heterocycles. The van der Waals surface area contributed by atoms with E-state index in [-0.39, 0.29) is 24.2 Å². The maximum Gasteiger partial charge on any atom is 0.251 e. The normalized spacial score (nSPS) is 9.67. The highest BCUT2D eigenvalue weighted by Gasteiger charge is 2.16. The van der Waals surface area contributed by atoms with Gasteiger partial charge < -0.3 is 25.4 Å². The van der Waals surface area contributed by atoms with Crippen LogP contribution in [0, 0.1) is 0 Å². The molecule has 0 bridgehead atoms. The molecule has 0 aliphatic carbocycles. The summed E-state index contributed by atoms with van der Waals surface area (Å²) < 4.78 is 10.5. The second kappa shape index (κ2) is 11.5. The Morgan fingerprint density at radius 2 is 1.79 bits per heavy atom. The van der Waals surface area contributed by atoms with Crippen molar-refractivity contribution in [2.24, 2.45) is 0 Å². The molecule has 0 aliphatic heterocycles. The number of hydrogen-bond acceptors (Lipinski definition) is 5. The Balaban J connectivity index is 0.00000529. The van der Waals surface area contributed by atoms with E-state index in [4.69, 9.17) is 9.47 Å². The monoisotopic (exact) mass is 359 g/mol. The van der Waals surface area contributed by atoms with E-state index >= 15 is 0 Å². The van der Waals surface area contributed by atoms with Crippen molar-refractivity contribution in [3.8, 4) is 11.5 Å². The van der Waals surface area contributed by atoms with Crippen LogP contribution in [-0.2, 0) is 4.79 Å². The number of amides is 2. The van der Waals surface area contributed by atoms with Crippen LogP contribution in [-0.4, -0.2) is 45.7 Å². The summed E-state index contributed by atoms with van der Waals surface area (Å²) in [6.45, 7) is 5.60. The van der Waals surface area contributed by atoms with E-state index in [1.165, 1.54) is 21.1 Å². The number of carbonyl (C=O) groups excluding carboxylic acids is 2. The van der Waals surface area contributed by atoms with Crippen molar-refractivity contribution < 1.29 is 19.1 Å². The van der Waals surface area contributed by atoms with Gasteiger partial charge in [-0.15, -0.1) is 12.4 Å². The summed E-state index contributed by atoms with van der Waals surface area (Å²) in [5, 5.41) is 8.66. The summed E-state index contributed by atoms with van der Waals surface area (Å²) in [7, 11) is 2.95. The maximum absolute atomic E-state index is 12.2. The standard InChI is InChI=1S/C16H25N3O4.ClH/c1-5-6-17-7-8-18-16(21)12-9-13(19-11(2)20)15(23-4)14(10-12)22-3;/h9-10,17H,5-8H2,1-4H3,(H,18,21)(H,19,20);1H. The molecule has 0 atom stereocenters. The van der Waals surface area contributed by atoms with E-state index in [0.29, 0.717) is 35.8 Å². The van der Waals surface area contributed by atoms with Crippen LogP contribution in [0.25, 0.3) is 0 Å². The Morgan fingerprint density at radius 3 is 2.33 bits per heavy atom. The Kier molecular flexibility index (Phi) is 10.6. The summed E-state index contributed by atoms with van der Waals surface area (Å²) in [5.74, 6) is 0.263. The van der Waals surface area contributed by atoms with E-state index in [0.717, 1.165) is 13.0 Å². The molecule has 0 unspecified atom stereocenters. The van der Waals surface area contributed by atoms with Crippen molar-refractivity contribution in [2.45, 2.75) is 20.3 Å². The van der Waals surface area contributed by atoms with E-state index in [1.54, 1.807) is 12.1 Å². The Hall–Kier alpha value is -1.99. The number of hydrogen-bond donors (Lipinski definition) is 3. The minimum atomic E-state index is -0.258. The van der Waals surface area contributed by atoms with Gasteiger partial charge >= 0.3 is 0 Å². The lowest BCUT2D eigenvalue weighted by atomic mass is 10.1. The molecule has 136 valence electrons. The van der Waals surface area contributed by atoms with Gasteiger partial charge in [0.15, 0.2) is 11.5 Å². The summed E-state index contributed by atoms with van der Waals surface area (Å²) in [4.78, 5) is 23.6. The molecule has 0 saturated carbocycles. The highest BCUT2D eigenvalue weighted by molar-refractivity contribution is 5.99. The average Bonchev–Trinajstić information content (AvgIpc) is 2.53. The lowest BCUT2D eigenvalue weighted by Gasteiger charge is -2.15. The molecular weight excluding hydrogens is 334 g/mol. The third-order valence-corrected chi connectivity index (χ3v) is 3.07. The lowest BCUT2D eigenvalue weighted by Crippen LogP contribution is -2.32. The first-order valence-electron chi connectivity index (χ1n) is 7.56. The fourth-order valence-electron chi connectivity index (χ4n) is 2.05. The molecule has 1 aromatic carbocycles. The highest BCUT2D eigenvalue weighted by Crippen LogP contribution is 2.36. The lowest BCUT2D eigenvalue weighted by molar-refractivity contribution is -0.114. The SMILES string of the molecule is CCCNCCNC(=O)c1cc(NC(C)=O)c(OC)c(OC)c1.Cl. The second-order valence-electron chi connectivity index (χ2n) is 4.95. The van der Waals surface area contributed by atoms with Crippen LogP contribution < -0.4 is 25.4 Å². The largest absolute Gasteiger partial charge is 0.493 e. The number of rotatable bonds is 9. The molecule has 1 aromatic rings.